The Kier molecular flexibility index (Phi) is 2.40. The molecule has 0 aromatic heterocycles. The average Bonchev–Trinajstić information content (AvgIpc) is 1.88. The van der Waals surface area contributed by atoms with Crippen molar-refractivity contribution in [2.45, 2.75) is 18.6 Å². The highest BCUT2D eigenvalue weighted by Crippen LogP contribution is 2.20. The van der Waals surface area contributed by atoms with Crippen molar-refractivity contribution < 1.29 is 0 Å². The van der Waals surface area contributed by atoms with Gasteiger partial charge in [-0.3, -0.25) is 0 Å². The fourth-order valence-corrected chi connectivity index (χ4v) is 1.64. The molecule has 1 aliphatic carbocycles. The van der Waals surface area contributed by atoms with Crippen LogP contribution in [0.25, 0.3) is 0 Å². The SMILES string of the molecule is CSC1C=CC=C(C)C1. The van der Waals surface area contributed by atoms with Crippen molar-refractivity contribution in [3.8, 4) is 0 Å². The molecule has 0 N–H and O–H groups in total. The number of hydrogen-bond acceptors (Lipinski definition) is 1. The highest BCUT2D eigenvalue weighted by molar-refractivity contribution is 7.99. The molecular weight excluding hydrogens is 128 g/mol. The van der Waals surface area contributed by atoms with Crippen LogP contribution in [-0.2, 0) is 0 Å². The zero-order chi connectivity index (χ0) is 6.69. The van der Waals surface area contributed by atoms with Gasteiger partial charge in [0.2, 0.25) is 0 Å². The first-order chi connectivity index (χ1) is 4.33. The first-order valence-electron chi connectivity index (χ1n) is 3.19. The third-order valence-corrected chi connectivity index (χ3v) is 2.46. The summed E-state index contributed by atoms with van der Waals surface area (Å²) in [5.74, 6) is 0. The van der Waals surface area contributed by atoms with Crippen molar-refractivity contribution in [3.05, 3.63) is 23.8 Å². The van der Waals surface area contributed by atoms with E-state index in [0.29, 0.717) is 0 Å². The van der Waals surface area contributed by atoms with Crippen LogP contribution in [0.3, 0.4) is 0 Å². The maximum absolute atomic E-state index is 2.26. The van der Waals surface area contributed by atoms with Crippen LogP contribution >= 0.6 is 11.8 Å². The van der Waals surface area contributed by atoms with Gasteiger partial charge in [0.1, 0.15) is 0 Å². The van der Waals surface area contributed by atoms with Gasteiger partial charge in [-0.25, -0.2) is 0 Å². The van der Waals surface area contributed by atoms with Gasteiger partial charge >= 0.3 is 0 Å². The second-order valence-electron chi connectivity index (χ2n) is 2.38. The van der Waals surface area contributed by atoms with Gasteiger partial charge < -0.3 is 0 Å². The molecule has 0 bridgehead atoms. The number of allylic oxidation sites excluding steroid dienone is 3. The van der Waals surface area contributed by atoms with E-state index in [1.165, 1.54) is 12.0 Å². The number of rotatable bonds is 1. The fraction of sp³-hybridized carbons (Fsp3) is 0.500. The summed E-state index contributed by atoms with van der Waals surface area (Å²) in [4.78, 5) is 0. The Bertz CT molecular complexity index is 145. The molecule has 0 saturated carbocycles. The minimum atomic E-state index is 0.731. The van der Waals surface area contributed by atoms with Crippen molar-refractivity contribution in [2.75, 3.05) is 6.26 Å². The highest BCUT2D eigenvalue weighted by Gasteiger charge is 2.04. The summed E-state index contributed by atoms with van der Waals surface area (Å²) in [6, 6.07) is 0. The summed E-state index contributed by atoms with van der Waals surface area (Å²) in [6.07, 6.45) is 10.00. The fourth-order valence-electron chi connectivity index (χ4n) is 0.959. The van der Waals surface area contributed by atoms with E-state index < -0.39 is 0 Å². The topological polar surface area (TPSA) is 0 Å². The van der Waals surface area contributed by atoms with Crippen LogP contribution in [0, 0.1) is 0 Å². The normalized spacial score (nSPS) is 26.0. The summed E-state index contributed by atoms with van der Waals surface area (Å²) >= 11 is 1.92. The van der Waals surface area contributed by atoms with E-state index in [0.717, 1.165) is 5.25 Å². The average molecular weight is 140 g/mol. The predicted molar refractivity (Wildman–Crippen MR) is 44.8 cm³/mol. The van der Waals surface area contributed by atoms with Crippen LogP contribution in [0.15, 0.2) is 23.8 Å². The summed E-state index contributed by atoms with van der Waals surface area (Å²) < 4.78 is 0. The molecule has 0 saturated heterocycles. The van der Waals surface area contributed by atoms with Crippen molar-refractivity contribution in [1.29, 1.82) is 0 Å². The van der Waals surface area contributed by atoms with Crippen LogP contribution in [-0.4, -0.2) is 11.5 Å². The standard InChI is InChI=1S/C8H12S/c1-7-4-3-5-8(6-7)9-2/h3-5,8H,6H2,1-2H3. The van der Waals surface area contributed by atoms with E-state index in [-0.39, 0.29) is 0 Å². The van der Waals surface area contributed by atoms with Gasteiger partial charge in [-0.1, -0.05) is 23.8 Å². The molecule has 0 aromatic rings. The van der Waals surface area contributed by atoms with Crippen molar-refractivity contribution in [2.24, 2.45) is 0 Å². The maximum Gasteiger partial charge on any atom is 0.0264 e. The highest BCUT2D eigenvalue weighted by atomic mass is 32.2. The molecule has 0 spiro atoms. The van der Waals surface area contributed by atoms with E-state index in [1.54, 1.807) is 0 Å². The maximum atomic E-state index is 2.26. The van der Waals surface area contributed by atoms with Crippen LogP contribution in [0.2, 0.25) is 0 Å². The molecular formula is C8H12S. The lowest BCUT2D eigenvalue weighted by Crippen LogP contribution is -2.00. The first kappa shape index (κ1) is 6.94. The molecule has 1 atom stereocenters. The third kappa shape index (κ3) is 1.90. The molecule has 0 amide bonds. The quantitative estimate of drug-likeness (QED) is 0.539. The minimum Gasteiger partial charge on any atom is -0.157 e. The van der Waals surface area contributed by atoms with Crippen LogP contribution < -0.4 is 0 Å². The Hall–Kier alpha value is -0.170. The van der Waals surface area contributed by atoms with E-state index in [2.05, 4.69) is 31.4 Å². The van der Waals surface area contributed by atoms with E-state index >= 15 is 0 Å². The van der Waals surface area contributed by atoms with Crippen LogP contribution in [0.4, 0.5) is 0 Å². The Morgan fingerprint density at radius 1 is 1.67 bits per heavy atom. The van der Waals surface area contributed by atoms with Gasteiger partial charge in [0.25, 0.3) is 0 Å². The zero-order valence-electron chi connectivity index (χ0n) is 5.92. The Balaban J connectivity index is 2.51. The lowest BCUT2D eigenvalue weighted by molar-refractivity contribution is 0.981. The summed E-state index contributed by atoms with van der Waals surface area (Å²) in [5, 5.41) is 0.731. The second kappa shape index (κ2) is 3.11. The second-order valence-corrected chi connectivity index (χ2v) is 3.45. The largest absolute Gasteiger partial charge is 0.157 e. The molecule has 0 fully saturated rings. The molecule has 1 heteroatoms. The van der Waals surface area contributed by atoms with Crippen molar-refractivity contribution in [1.82, 2.24) is 0 Å². The van der Waals surface area contributed by atoms with E-state index in [9.17, 15) is 0 Å². The predicted octanol–water partition coefficient (Wildman–Crippen LogP) is 2.62. The molecule has 1 rings (SSSR count). The van der Waals surface area contributed by atoms with Gasteiger partial charge in [0.15, 0.2) is 0 Å². The monoisotopic (exact) mass is 140 g/mol. The molecule has 50 valence electrons. The smallest absolute Gasteiger partial charge is 0.0264 e. The third-order valence-electron chi connectivity index (χ3n) is 1.53. The number of thioether (sulfide) groups is 1. The molecule has 0 aromatic carbocycles. The van der Waals surface area contributed by atoms with Gasteiger partial charge in [0, 0.05) is 5.25 Å². The van der Waals surface area contributed by atoms with Gasteiger partial charge in [-0.15, -0.1) is 0 Å². The van der Waals surface area contributed by atoms with Gasteiger partial charge in [-0.05, 0) is 19.6 Å². The van der Waals surface area contributed by atoms with Crippen molar-refractivity contribution >= 4 is 11.8 Å². The Labute approximate surface area is 61.0 Å². The van der Waals surface area contributed by atoms with Gasteiger partial charge in [0.05, 0.1) is 0 Å². The molecule has 1 aliphatic rings. The lowest BCUT2D eigenvalue weighted by Gasteiger charge is -2.12. The molecule has 0 radical (unpaired) electrons. The lowest BCUT2D eigenvalue weighted by atomic mass is 10.1. The molecule has 0 nitrogen and oxygen atoms in total. The first-order valence-corrected chi connectivity index (χ1v) is 4.48. The van der Waals surface area contributed by atoms with Crippen LogP contribution in [0.5, 0.6) is 0 Å². The molecule has 0 heterocycles. The van der Waals surface area contributed by atoms with Gasteiger partial charge in [-0.2, -0.15) is 11.8 Å². The Morgan fingerprint density at radius 2 is 2.44 bits per heavy atom. The zero-order valence-corrected chi connectivity index (χ0v) is 6.74. The van der Waals surface area contributed by atoms with E-state index in [1.807, 2.05) is 11.8 Å². The molecule has 1 unspecified atom stereocenters. The number of hydrogen-bond donors (Lipinski definition) is 0. The van der Waals surface area contributed by atoms with E-state index in [4.69, 9.17) is 0 Å². The Morgan fingerprint density at radius 3 is 2.89 bits per heavy atom. The molecule has 0 aliphatic heterocycles. The minimum absolute atomic E-state index is 0.731. The molecule has 9 heavy (non-hydrogen) atoms. The van der Waals surface area contributed by atoms with Crippen molar-refractivity contribution in [3.63, 3.8) is 0 Å². The van der Waals surface area contributed by atoms with Crippen LogP contribution in [0.1, 0.15) is 13.3 Å². The summed E-state index contributed by atoms with van der Waals surface area (Å²) in [5.41, 5.74) is 1.50. The summed E-state index contributed by atoms with van der Waals surface area (Å²) in [6.45, 7) is 2.19. The summed E-state index contributed by atoms with van der Waals surface area (Å²) in [7, 11) is 0.